The van der Waals surface area contributed by atoms with Gasteiger partial charge in [-0.1, -0.05) is 6.92 Å². The number of hydrogen-bond acceptors (Lipinski definition) is 3. The predicted molar refractivity (Wildman–Crippen MR) is 51.0 cm³/mol. The van der Waals surface area contributed by atoms with E-state index in [1.54, 1.807) is 7.05 Å². The van der Waals surface area contributed by atoms with Gasteiger partial charge in [-0.25, -0.2) is 0 Å². The molecule has 13 heavy (non-hydrogen) atoms. The highest BCUT2D eigenvalue weighted by molar-refractivity contribution is 5.77. The third-order valence-electron chi connectivity index (χ3n) is 1.86. The van der Waals surface area contributed by atoms with Crippen LogP contribution >= 0.6 is 0 Å². The summed E-state index contributed by atoms with van der Waals surface area (Å²) in [5, 5.41) is 10.9. The molecule has 0 spiro atoms. The number of carbonyl (C=O) groups excluding carboxylic acids is 1. The van der Waals surface area contributed by atoms with Gasteiger partial charge in [-0.3, -0.25) is 9.69 Å². The van der Waals surface area contributed by atoms with Crippen LogP contribution < -0.4 is 5.32 Å². The van der Waals surface area contributed by atoms with Crippen LogP contribution in [0.5, 0.6) is 0 Å². The molecule has 1 N–H and O–H groups in total. The van der Waals surface area contributed by atoms with Crippen molar-refractivity contribution in [2.45, 2.75) is 19.8 Å². The van der Waals surface area contributed by atoms with Gasteiger partial charge in [0.15, 0.2) is 0 Å². The number of hydrogen-bond donors (Lipinski definition) is 1. The Kier molecular flexibility index (Phi) is 6.93. The van der Waals surface area contributed by atoms with Gasteiger partial charge in [0.1, 0.15) is 0 Å². The van der Waals surface area contributed by atoms with Gasteiger partial charge in [0, 0.05) is 13.5 Å². The van der Waals surface area contributed by atoms with Gasteiger partial charge in [0.05, 0.1) is 12.6 Å². The van der Waals surface area contributed by atoms with E-state index in [4.69, 9.17) is 5.26 Å². The average molecular weight is 183 g/mol. The van der Waals surface area contributed by atoms with E-state index in [2.05, 4.69) is 11.4 Å². The fourth-order valence-corrected chi connectivity index (χ4v) is 1.01. The zero-order valence-corrected chi connectivity index (χ0v) is 8.34. The quantitative estimate of drug-likeness (QED) is 0.605. The molecule has 0 aliphatic rings. The number of nitrogens with one attached hydrogen (secondary N) is 1. The van der Waals surface area contributed by atoms with Crippen LogP contribution in [0.25, 0.3) is 0 Å². The minimum atomic E-state index is 0.0267. The molecule has 4 nitrogen and oxygen atoms in total. The number of unbranched alkanes of at least 4 members (excludes halogenated alkanes) is 1. The summed E-state index contributed by atoms with van der Waals surface area (Å²) < 4.78 is 0. The van der Waals surface area contributed by atoms with Gasteiger partial charge >= 0.3 is 0 Å². The number of nitrogens with zero attached hydrogens (tertiary/aromatic N) is 2. The number of nitriles is 1. The molecule has 0 atom stereocenters. The minimum Gasteiger partial charge on any atom is -0.358 e. The zero-order valence-electron chi connectivity index (χ0n) is 8.34. The van der Waals surface area contributed by atoms with Crippen molar-refractivity contribution in [3.8, 4) is 6.07 Å². The molecule has 0 saturated heterocycles. The number of amides is 1. The van der Waals surface area contributed by atoms with Crippen LogP contribution in [0.2, 0.25) is 0 Å². The molecule has 0 aliphatic carbocycles. The fraction of sp³-hybridized carbons (Fsp3) is 0.778. The maximum absolute atomic E-state index is 11.0. The average Bonchev–Trinajstić information content (AvgIpc) is 2.16. The zero-order chi connectivity index (χ0) is 10.1. The van der Waals surface area contributed by atoms with E-state index in [0.717, 1.165) is 19.5 Å². The number of rotatable bonds is 6. The molecule has 0 radical (unpaired) electrons. The summed E-state index contributed by atoms with van der Waals surface area (Å²) in [6, 6.07) is 2.09. The van der Waals surface area contributed by atoms with Crippen molar-refractivity contribution in [2.75, 3.05) is 26.7 Å². The van der Waals surface area contributed by atoms with Crippen molar-refractivity contribution in [2.24, 2.45) is 0 Å². The van der Waals surface area contributed by atoms with E-state index in [1.165, 1.54) is 0 Å². The Hall–Kier alpha value is -1.08. The lowest BCUT2D eigenvalue weighted by molar-refractivity contribution is -0.121. The molecule has 0 bridgehead atoms. The summed E-state index contributed by atoms with van der Waals surface area (Å²) in [7, 11) is 1.63. The maximum atomic E-state index is 11.0. The van der Waals surface area contributed by atoms with Crippen LogP contribution in [-0.2, 0) is 4.79 Å². The van der Waals surface area contributed by atoms with Crippen LogP contribution in [0.15, 0.2) is 0 Å². The van der Waals surface area contributed by atoms with E-state index in [-0.39, 0.29) is 5.91 Å². The van der Waals surface area contributed by atoms with Crippen LogP contribution in [0.4, 0.5) is 0 Å². The van der Waals surface area contributed by atoms with E-state index >= 15 is 0 Å². The molecular weight excluding hydrogens is 166 g/mol. The van der Waals surface area contributed by atoms with E-state index in [9.17, 15) is 4.79 Å². The highest BCUT2D eigenvalue weighted by Gasteiger charge is 2.06. The molecule has 0 rings (SSSR count). The first-order chi connectivity index (χ1) is 6.24. The molecule has 0 saturated carbocycles. The van der Waals surface area contributed by atoms with Crippen LogP contribution in [-0.4, -0.2) is 37.5 Å². The van der Waals surface area contributed by atoms with Crippen LogP contribution in [0.1, 0.15) is 19.8 Å². The van der Waals surface area contributed by atoms with Crippen LogP contribution in [0.3, 0.4) is 0 Å². The molecule has 0 unspecified atom stereocenters. The van der Waals surface area contributed by atoms with Gasteiger partial charge in [-0.15, -0.1) is 0 Å². The van der Waals surface area contributed by atoms with Crippen molar-refractivity contribution < 1.29 is 4.79 Å². The Balaban J connectivity index is 3.64. The third kappa shape index (κ3) is 6.12. The molecular formula is C9H17N3O. The monoisotopic (exact) mass is 183 g/mol. The summed E-state index contributed by atoms with van der Waals surface area (Å²) in [5.41, 5.74) is 0. The Morgan fingerprint density at radius 3 is 2.77 bits per heavy atom. The molecule has 0 aromatic heterocycles. The number of carbonyl (C=O) groups is 1. The second-order valence-electron chi connectivity index (χ2n) is 2.80. The van der Waals surface area contributed by atoms with Gasteiger partial charge in [-0.05, 0) is 19.5 Å². The second-order valence-corrected chi connectivity index (χ2v) is 2.80. The molecule has 0 fully saturated rings. The standard InChI is InChI=1S/C9H17N3O/c1-3-12(7-5-4-6-10)8-9(13)11-2/h3-5,7-8H2,1-2H3,(H,11,13). The van der Waals surface area contributed by atoms with Crippen molar-refractivity contribution in [3.63, 3.8) is 0 Å². The summed E-state index contributed by atoms with van der Waals surface area (Å²) in [6.07, 6.45) is 1.39. The maximum Gasteiger partial charge on any atom is 0.233 e. The number of likely N-dealkylation sites (N-methyl/N-ethyl adjacent to an activating group) is 2. The lowest BCUT2D eigenvalue weighted by Crippen LogP contribution is -2.36. The Morgan fingerprint density at radius 1 is 1.62 bits per heavy atom. The normalized spacial score (nSPS) is 9.69. The summed E-state index contributed by atoms with van der Waals surface area (Å²) >= 11 is 0. The van der Waals surface area contributed by atoms with E-state index < -0.39 is 0 Å². The molecule has 1 amide bonds. The Labute approximate surface area is 79.5 Å². The molecule has 0 heterocycles. The molecule has 74 valence electrons. The summed E-state index contributed by atoms with van der Waals surface area (Å²) in [5.74, 6) is 0.0267. The van der Waals surface area contributed by atoms with Crippen molar-refractivity contribution in [1.82, 2.24) is 10.2 Å². The highest BCUT2D eigenvalue weighted by atomic mass is 16.1. The molecule has 0 aromatic carbocycles. The predicted octanol–water partition coefficient (Wildman–Crippen LogP) is 0.358. The van der Waals surface area contributed by atoms with E-state index in [0.29, 0.717) is 13.0 Å². The fourth-order valence-electron chi connectivity index (χ4n) is 1.01. The van der Waals surface area contributed by atoms with Crippen LogP contribution in [0, 0.1) is 11.3 Å². The Bertz CT molecular complexity index is 186. The van der Waals surface area contributed by atoms with Crippen molar-refractivity contribution in [1.29, 1.82) is 5.26 Å². The largest absolute Gasteiger partial charge is 0.358 e. The Morgan fingerprint density at radius 2 is 2.31 bits per heavy atom. The topological polar surface area (TPSA) is 56.1 Å². The lowest BCUT2D eigenvalue weighted by atomic mass is 10.3. The first kappa shape index (κ1) is 11.9. The highest BCUT2D eigenvalue weighted by Crippen LogP contribution is 1.93. The third-order valence-corrected chi connectivity index (χ3v) is 1.86. The van der Waals surface area contributed by atoms with Gasteiger partial charge in [-0.2, -0.15) is 5.26 Å². The molecule has 4 heteroatoms. The first-order valence-electron chi connectivity index (χ1n) is 4.54. The molecule has 0 aliphatic heterocycles. The summed E-state index contributed by atoms with van der Waals surface area (Å²) in [4.78, 5) is 13.0. The van der Waals surface area contributed by atoms with Crippen molar-refractivity contribution in [3.05, 3.63) is 0 Å². The smallest absolute Gasteiger partial charge is 0.233 e. The van der Waals surface area contributed by atoms with Gasteiger partial charge in [0.25, 0.3) is 0 Å². The van der Waals surface area contributed by atoms with E-state index in [1.807, 2.05) is 11.8 Å². The first-order valence-corrected chi connectivity index (χ1v) is 4.54. The van der Waals surface area contributed by atoms with Gasteiger partial charge < -0.3 is 5.32 Å². The minimum absolute atomic E-state index is 0.0267. The second kappa shape index (κ2) is 7.56. The molecule has 0 aromatic rings. The van der Waals surface area contributed by atoms with Gasteiger partial charge in [0.2, 0.25) is 5.91 Å². The van der Waals surface area contributed by atoms with Crippen molar-refractivity contribution >= 4 is 5.91 Å². The SMILES string of the molecule is CCN(CCCC#N)CC(=O)NC. The summed E-state index contributed by atoms with van der Waals surface area (Å²) in [6.45, 7) is 4.10. The lowest BCUT2D eigenvalue weighted by Gasteiger charge is -2.18.